The van der Waals surface area contributed by atoms with E-state index in [0.717, 1.165) is 11.6 Å². The van der Waals surface area contributed by atoms with Crippen molar-refractivity contribution in [2.24, 2.45) is 5.14 Å². The summed E-state index contributed by atoms with van der Waals surface area (Å²) in [6.07, 6.45) is 3.00. The van der Waals surface area contributed by atoms with E-state index in [1.165, 1.54) is 18.6 Å². The van der Waals surface area contributed by atoms with Gasteiger partial charge in [-0.05, 0) is 24.3 Å². The van der Waals surface area contributed by atoms with Gasteiger partial charge in [0, 0.05) is 18.2 Å². The highest BCUT2D eigenvalue weighted by molar-refractivity contribution is 7.89. The molecule has 9 heteroatoms. The Bertz CT molecular complexity index is 1050. The summed E-state index contributed by atoms with van der Waals surface area (Å²) in [6, 6.07) is 12.5. The maximum atomic E-state index is 11.9. The van der Waals surface area contributed by atoms with Crippen molar-refractivity contribution in [3.05, 3.63) is 72.2 Å². The van der Waals surface area contributed by atoms with Gasteiger partial charge in [-0.1, -0.05) is 18.2 Å². The number of nitrogens with one attached hydrogen (secondary N) is 1. The normalized spacial score (nSPS) is 11.1. The van der Waals surface area contributed by atoms with Crippen LogP contribution >= 0.6 is 0 Å². The Morgan fingerprint density at radius 3 is 2.52 bits per heavy atom. The smallest absolute Gasteiger partial charge is 0.337 e. The number of carbonyl (C=O) groups is 1. The van der Waals surface area contributed by atoms with Gasteiger partial charge in [0.15, 0.2) is 0 Å². The Kier molecular flexibility index (Phi) is 5.15. The van der Waals surface area contributed by atoms with Crippen LogP contribution in [-0.2, 0) is 16.6 Å². The van der Waals surface area contributed by atoms with Crippen molar-refractivity contribution in [1.82, 2.24) is 0 Å². The molecule has 0 amide bonds. The summed E-state index contributed by atoms with van der Waals surface area (Å²) in [5, 5.41) is 17.7. The molecule has 3 rings (SSSR count). The number of carboxylic acids is 1. The number of nitrogens with two attached hydrogens (primary N) is 1. The summed E-state index contributed by atoms with van der Waals surface area (Å²) in [6.45, 7) is 0.274. The van der Waals surface area contributed by atoms with Gasteiger partial charge >= 0.3 is 5.97 Å². The largest absolute Gasteiger partial charge is 0.478 e. The highest BCUT2D eigenvalue weighted by atomic mass is 32.2. The predicted octanol–water partition coefficient (Wildman–Crippen LogP) is 3.03. The molecule has 0 atom stereocenters. The highest BCUT2D eigenvalue weighted by Crippen LogP contribution is 2.34. The molecular weight excluding hydrogens is 372 g/mol. The standard InChI is InChI=1S/C18H16N2O6S/c19-27(23,24)17-8-14(18(21)22)15(20-10-12-6-7-25-11-12)9-16(17)26-13-4-2-1-3-5-13/h1-9,11,20H,10H2,(H,21,22)(H2,19,23,24). The molecule has 0 saturated heterocycles. The first kappa shape index (κ1) is 18.5. The molecule has 0 fully saturated rings. The van der Waals surface area contributed by atoms with Gasteiger partial charge in [-0.2, -0.15) is 0 Å². The Morgan fingerprint density at radius 2 is 1.93 bits per heavy atom. The van der Waals surface area contributed by atoms with Crippen LogP contribution in [0.15, 0.2) is 70.4 Å². The third kappa shape index (κ3) is 4.46. The average Bonchev–Trinajstić information content (AvgIpc) is 3.13. The molecule has 1 heterocycles. The zero-order valence-electron chi connectivity index (χ0n) is 14.0. The maximum absolute atomic E-state index is 11.9. The molecule has 140 valence electrons. The molecule has 0 bridgehead atoms. The van der Waals surface area contributed by atoms with Gasteiger partial charge < -0.3 is 19.6 Å². The SMILES string of the molecule is NS(=O)(=O)c1cc(C(=O)O)c(NCc2ccoc2)cc1Oc1ccccc1. The molecule has 4 N–H and O–H groups in total. The summed E-state index contributed by atoms with van der Waals surface area (Å²) in [5.41, 5.74) is 0.720. The quantitative estimate of drug-likeness (QED) is 0.567. The Morgan fingerprint density at radius 1 is 1.19 bits per heavy atom. The number of benzene rings is 2. The lowest BCUT2D eigenvalue weighted by Crippen LogP contribution is -2.16. The van der Waals surface area contributed by atoms with Crippen LogP contribution in [0.25, 0.3) is 0 Å². The monoisotopic (exact) mass is 388 g/mol. The molecule has 3 aromatic rings. The zero-order valence-corrected chi connectivity index (χ0v) is 14.8. The molecule has 2 aromatic carbocycles. The van der Waals surface area contributed by atoms with E-state index in [0.29, 0.717) is 5.75 Å². The molecule has 1 aromatic heterocycles. The molecule has 0 aliphatic carbocycles. The van der Waals surface area contributed by atoms with Crippen LogP contribution in [0.4, 0.5) is 5.69 Å². The van der Waals surface area contributed by atoms with Crippen LogP contribution < -0.4 is 15.2 Å². The van der Waals surface area contributed by atoms with Gasteiger partial charge in [-0.3, -0.25) is 0 Å². The number of anilines is 1. The summed E-state index contributed by atoms with van der Waals surface area (Å²) in [4.78, 5) is 11.2. The van der Waals surface area contributed by atoms with Gasteiger partial charge in [-0.25, -0.2) is 18.4 Å². The number of sulfonamides is 1. The topological polar surface area (TPSA) is 132 Å². The zero-order chi connectivity index (χ0) is 19.4. The molecule has 0 aliphatic heterocycles. The van der Waals surface area contributed by atoms with E-state index in [9.17, 15) is 18.3 Å². The second-order valence-corrected chi connectivity index (χ2v) is 7.12. The molecule has 0 aliphatic rings. The fraction of sp³-hybridized carbons (Fsp3) is 0.0556. The van der Waals surface area contributed by atoms with Crippen LogP contribution in [-0.4, -0.2) is 19.5 Å². The summed E-state index contributed by atoms with van der Waals surface area (Å²) >= 11 is 0. The highest BCUT2D eigenvalue weighted by Gasteiger charge is 2.22. The summed E-state index contributed by atoms with van der Waals surface area (Å²) in [5.74, 6) is -1.00. The van der Waals surface area contributed by atoms with E-state index in [1.807, 2.05) is 0 Å². The number of para-hydroxylation sites is 1. The number of rotatable bonds is 7. The molecule has 0 unspecified atom stereocenters. The number of furan rings is 1. The fourth-order valence-electron chi connectivity index (χ4n) is 2.39. The second-order valence-electron chi connectivity index (χ2n) is 5.59. The van der Waals surface area contributed by atoms with E-state index < -0.39 is 20.9 Å². The maximum Gasteiger partial charge on any atom is 0.337 e. The molecule has 0 spiro atoms. The van der Waals surface area contributed by atoms with Gasteiger partial charge in [0.05, 0.1) is 23.8 Å². The van der Waals surface area contributed by atoms with Gasteiger partial charge in [-0.15, -0.1) is 0 Å². The van der Waals surface area contributed by atoms with E-state index >= 15 is 0 Å². The van der Waals surface area contributed by atoms with Gasteiger partial charge in [0.25, 0.3) is 0 Å². The van der Waals surface area contributed by atoms with Crippen LogP contribution in [0.1, 0.15) is 15.9 Å². The second kappa shape index (κ2) is 7.52. The van der Waals surface area contributed by atoms with Crippen LogP contribution in [0.5, 0.6) is 11.5 Å². The first-order chi connectivity index (χ1) is 12.8. The van der Waals surface area contributed by atoms with E-state index in [2.05, 4.69) is 5.32 Å². The average molecular weight is 388 g/mol. The van der Waals surface area contributed by atoms with Gasteiger partial charge in [0.1, 0.15) is 16.4 Å². The van der Waals surface area contributed by atoms with Crippen molar-refractivity contribution in [1.29, 1.82) is 0 Å². The Labute approximate surface area is 155 Å². The lowest BCUT2D eigenvalue weighted by Gasteiger charge is -2.15. The van der Waals surface area contributed by atoms with E-state index in [1.54, 1.807) is 36.4 Å². The minimum atomic E-state index is -4.22. The molecular formula is C18H16N2O6S. The Hall–Kier alpha value is -3.30. The molecule has 0 radical (unpaired) electrons. The lowest BCUT2D eigenvalue weighted by atomic mass is 10.1. The first-order valence-corrected chi connectivity index (χ1v) is 9.31. The van der Waals surface area contributed by atoms with Crippen LogP contribution in [0.3, 0.4) is 0 Å². The third-order valence-corrected chi connectivity index (χ3v) is 4.59. The summed E-state index contributed by atoms with van der Waals surface area (Å²) < 4.78 is 34.5. The van der Waals surface area contributed by atoms with Crippen LogP contribution in [0, 0.1) is 0 Å². The fourth-order valence-corrected chi connectivity index (χ4v) is 3.05. The number of aromatic carboxylic acids is 1. The van der Waals surface area contributed by atoms with Crippen molar-refractivity contribution in [2.45, 2.75) is 11.4 Å². The number of hydrogen-bond acceptors (Lipinski definition) is 6. The van der Waals surface area contributed by atoms with E-state index in [4.69, 9.17) is 14.3 Å². The first-order valence-electron chi connectivity index (χ1n) is 7.76. The minimum Gasteiger partial charge on any atom is -0.478 e. The van der Waals surface area contributed by atoms with E-state index in [-0.39, 0.29) is 23.5 Å². The Balaban J connectivity index is 2.05. The van der Waals surface area contributed by atoms with Crippen molar-refractivity contribution in [3.63, 3.8) is 0 Å². The van der Waals surface area contributed by atoms with Crippen molar-refractivity contribution >= 4 is 21.7 Å². The number of primary sulfonamides is 1. The third-order valence-electron chi connectivity index (χ3n) is 3.65. The van der Waals surface area contributed by atoms with Gasteiger partial charge in [0.2, 0.25) is 10.0 Å². The molecule has 8 nitrogen and oxygen atoms in total. The number of hydrogen-bond donors (Lipinski definition) is 3. The molecule has 0 saturated carbocycles. The minimum absolute atomic E-state index is 0.0802. The molecule has 27 heavy (non-hydrogen) atoms. The number of carboxylic acid groups (broad SMARTS) is 1. The number of ether oxygens (including phenoxy) is 1. The van der Waals surface area contributed by atoms with Crippen molar-refractivity contribution in [3.8, 4) is 11.5 Å². The summed E-state index contributed by atoms with van der Waals surface area (Å²) in [7, 11) is -4.22. The lowest BCUT2D eigenvalue weighted by molar-refractivity contribution is 0.0697. The van der Waals surface area contributed by atoms with Crippen molar-refractivity contribution < 1.29 is 27.5 Å². The predicted molar refractivity (Wildman–Crippen MR) is 97.3 cm³/mol. The van der Waals surface area contributed by atoms with Crippen LogP contribution in [0.2, 0.25) is 0 Å². The van der Waals surface area contributed by atoms with Crippen molar-refractivity contribution in [2.75, 3.05) is 5.32 Å².